The van der Waals surface area contributed by atoms with Gasteiger partial charge in [-0.1, -0.05) is 71.9 Å². The molecule has 0 aliphatic rings. The summed E-state index contributed by atoms with van der Waals surface area (Å²) in [5, 5.41) is 3.31. The predicted molar refractivity (Wildman–Crippen MR) is 107 cm³/mol. The maximum atomic E-state index is 12.8. The topological polar surface area (TPSA) is 32.3 Å². The van der Waals surface area contributed by atoms with E-state index in [0.717, 1.165) is 27.7 Å². The van der Waals surface area contributed by atoms with Crippen LogP contribution in [0.5, 0.6) is 0 Å². The monoisotopic (exact) mass is 400 g/mol. The first kappa shape index (κ1) is 19.3. The highest BCUT2D eigenvalue weighted by Gasteiger charge is 2.23. The fraction of sp³-hybridized carbons (Fsp3) is 0.286. The van der Waals surface area contributed by atoms with Gasteiger partial charge in [-0.05, 0) is 29.7 Å². The van der Waals surface area contributed by atoms with E-state index in [0.29, 0.717) is 13.1 Å². The molecule has 0 aliphatic carbocycles. The number of amides is 1. The van der Waals surface area contributed by atoms with E-state index < -0.39 is 0 Å². The first-order valence-electron chi connectivity index (χ1n) is 8.47. The summed E-state index contributed by atoms with van der Waals surface area (Å²) < 4.78 is 1.04. The van der Waals surface area contributed by atoms with Gasteiger partial charge in [-0.2, -0.15) is 0 Å². The Morgan fingerprint density at radius 3 is 2.48 bits per heavy atom. The van der Waals surface area contributed by atoms with E-state index in [1.165, 1.54) is 0 Å². The Balaban J connectivity index is 1.94. The lowest BCUT2D eigenvalue weighted by atomic mass is 10.0. The zero-order chi connectivity index (χ0) is 18.2. The lowest BCUT2D eigenvalue weighted by molar-refractivity contribution is -0.133. The van der Waals surface area contributed by atoms with Gasteiger partial charge in [0.1, 0.15) is 0 Å². The quantitative estimate of drug-likeness (QED) is 0.693. The van der Waals surface area contributed by atoms with E-state index in [2.05, 4.69) is 40.0 Å². The van der Waals surface area contributed by atoms with Crippen molar-refractivity contribution in [3.05, 3.63) is 82.5 Å². The molecule has 2 aromatic carbocycles. The van der Waals surface area contributed by atoms with Crippen molar-refractivity contribution in [2.75, 3.05) is 7.05 Å². The molecule has 3 nitrogen and oxygen atoms in total. The van der Waals surface area contributed by atoms with Crippen molar-refractivity contribution in [2.24, 2.45) is 5.92 Å². The summed E-state index contributed by atoms with van der Waals surface area (Å²) in [4.78, 5) is 14.6. The third kappa shape index (κ3) is 5.75. The molecule has 1 unspecified atom stereocenters. The van der Waals surface area contributed by atoms with E-state index in [1.807, 2.05) is 56.4 Å². The second kappa shape index (κ2) is 9.42. The van der Waals surface area contributed by atoms with Crippen LogP contribution in [0.3, 0.4) is 0 Å². The smallest absolute Gasteiger partial charge is 0.231 e. The Morgan fingerprint density at radius 2 is 1.84 bits per heavy atom. The van der Waals surface area contributed by atoms with E-state index in [9.17, 15) is 4.79 Å². The lowest BCUT2D eigenvalue weighted by Gasteiger charge is -2.25. The molecule has 2 rings (SSSR count). The number of carbonyl (C=O) groups is 1. The van der Waals surface area contributed by atoms with Gasteiger partial charge in [0.05, 0.1) is 5.92 Å². The lowest BCUT2D eigenvalue weighted by Crippen LogP contribution is -2.36. The zero-order valence-electron chi connectivity index (χ0n) is 14.8. The Kier molecular flexibility index (Phi) is 7.26. The molecule has 0 saturated heterocycles. The summed E-state index contributed by atoms with van der Waals surface area (Å²) in [6, 6.07) is 18.1. The van der Waals surface area contributed by atoms with Gasteiger partial charge < -0.3 is 10.2 Å². The fourth-order valence-corrected chi connectivity index (χ4v) is 3.20. The van der Waals surface area contributed by atoms with E-state index in [-0.39, 0.29) is 11.8 Å². The van der Waals surface area contributed by atoms with E-state index >= 15 is 0 Å². The maximum absolute atomic E-state index is 12.8. The number of benzene rings is 2. The second-order valence-electron chi connectivity index (χ2n) is 6.15. The first-order chi connectivity index (χ1) is 12.0. The zero-order valence-corrected chi connectivity index (χ0v) is 16.4. The summed E-state index contributed by atoms with van der Waals surface area (Å²) in [6.45, 7) is 7.39. The summed E-state index contributed by atoms with van der Waals surface area (Å²) >= 11 is 3.47. The third-order valence-electron chi connectivity index (χ3n) is 4.17. The van der Waals surface area contributed by atoms with Crippen LogP contribution in [0.1, 0.15) is 24.5 Å². The Labute approximate surface area is 158 Å². The van der Waals surface area contributed by atoms with Crippen LogP contribution in [0.2, 0.25) is 0 Å². The molecule has 0 radical (unpaired) electrons. The van der Waals surface area contributed by atoms with Crippen LogP contribution < -0.4 is 5.32 Å². The Hall–Kier alpha value is -2.07. The number of carbonyl (C=O) groups excluding carboxylic acids is 1. The molecule has 1 amide bonds. The highest BCUT2D eigenvalue weighted by Crippen LogP contribution is 2.17. The molecule has 0 fully saturated rings. The third-order valence-corrected chi connectivity index (χ3v) is 4.67. The van der Waals surface area contributed by atoms with Crippen molar-refractivity contribution >= 4 is 21.8 Å². The van der Waals surface area contributed by atoms with Gasteiger partial charge in [-0.3, -0.25) is 4.79 Å². The van der Waals surface area contributed by atoms with Gasteiger partial charge in [-0.25, -0.2) is 0 Å². The Morgan fingerprint density at radius 1 is 1.16 bits per heavy atom. The van der Waals surface area contributed by atoms with Crippen LogP contribution in [0.25, 0.3) is 0 Å². The van der Waals surface area contributed by atoms with Crippen LogP contribution in [-0.4, -0.2) is 17.9 Å². The molecule has 0 aromatic heterocycles. The van der Waals surface area contributed by atoms with Crippen molar-refractivity contribution in [3.63, 3.8) is 0 Å². The van der Waals surface area contributed by atoms with Gasteiger partial charge in [-0.15, -0.1) is 0 Å². The summed E-state index contributed by atoms with van der Waals surface area (Å²) in [6.07, 6.45) is 0.724. The minimum Gasteiger partial charge on any atom is -0.384 e. The molecule has 1 N–H and O–H groups in total. The number of hydrogen-bond donors (Lipinski definition) is 1. The van der Waals surface area contributed by atoms with Crippen LogP contribution in [0, 0.1) is 5.92 Å². The number of nitrogens with one attached hydrogen (secondary N) is 1. The average Bonchev–Trinajstić information content (AvgIpc) is 2.61. The molecule has 4 heteroatoms. The van der Waals surface area contributed by atoms with Crippen molar-refractivity contribution < 1.29 is 4.79 Å². The highest BCUT2D eigenvalue weighted by atomic mass is 79.9. The van der Waals surface area contributed by atoms with Crippen LogP contribution in [0.4, 0.5) is 0 Å². The molecule has 0 aliphatic heterocycles. The Bertz CT molecular complexity index is 715. The van der Waals surface area contributed by atoms with Gasteiger partial charge in [0, 0.05) is 30.3 Å². The SMILES string of the molecule is C=C(NCc1cccc(Br)c1)C(CC)C(=O)N(C)Cc1ccccc1. The molecule has 132 valence electrons. The maximum Gasteiger partial charge on any atom is 0.231 e. The normalized spacial score (nSPS) is 11.6. The highest BCUT2D eigenvalue weighted by molar-refractivity contribution is 9.10. The average molecular weight is 401 g/mol. The molecule has 1 atom stereocenters. The standard InChI is InChI=1S/C21H25BrN2O/c1-4-20(16(2)23-14-18-11-8-12-19(22)13-18)21(25)24(3)15-17-9-6-5-7-10-17/h5-13,20,23H,2,4,14-15H2,1,3H3. The number of hydrogen-bond acceptors (Lipinski definition) is 2. The summed E-state index contributed by atoms with van der Waals surface area (Å²) in [5.41, 5.74) is 3.05. The predicted octanol–water partition coefficient (Wildman–Crippen LogP) is 4.74. The van der Waals surface area contributed by atoms with Crippen LogP contribution in [0.15, 0.2) is 71.3 Å². The first-order valence-corrected chi connectivity index (χ1v) is 9.26. The number of nitrogens with zero attached hydrogens (tertiary/aromatic N) is 1. The van der Waals surface area contributed by atoms with Crippen LogP contribution in [-0.2, 0) is 17.9 Å². The molecule has 0 spiro atoms. The molecular weight excluding hydrogens is 376 g/mol. The van der Waals surface area contributed by atoms with Gasteiger partial charge in [0.25, 0.3) is 0 Å². The molecule has 0 bridgehead atoms. The van der Waals surface area contributed by atoms with Crippen LogP contribution >= 0.6 is 15.9 Å². The largest absolute Gasteiger partial charge is 0.384 e. The molecule has 2 aromatic rings. The minimum absolute atomic E-state index is 0.0955. The molecular formula is C21H25BrN2O. The van der Waals surface area contributed by atoms with E-state index in [4.69, 9.17) is 0 Å². The van der Waals surface area contributed by atoms with E-state index in [1.54, 1.807) is 4.90 Å². The van der Waals surface area contributed by atoms with Gasteiger partial charge in [0.2, 0.25) is 5.91 Å². The minimum atomic E-state index is -0.221. The fourth-order valence-electron chi connectivity index (χ4n) is 2.76. The number of rotatable bonds is 8. The summed E-state index contributed by atoms with van der Waals surface area (Å²) in [5.74, 6) is -0.126. The second-order valence-corrected chi connectivity index (χ2v) is 7.07. The van der Waals surface area contributed by atoms with Crippen molar-refractivity contribution in [1.82, 2.24) is 10.2 Å². The molecule has 0 saturated carbocycles. The van der Waals surface area contributed by atoms with Crippen molar-refractivity contribution in [1.29, 1.82) is 0 Å². The number of halogens is 1. The van der Waals surface area contributed by atoms with Gasteiger partial charge in [0.15, 0.2) is 0 Å². The van der Waals surface area contributed by atoms with Crippen molar-refractivity contribution in [2.45, 2.75) is 26.4 Å². The van der Waals surface area contributed by atoms with Crippen molar-refractivity contribution in [3.8, 4) is 0 Å². The van der Waals surface area contributed by atoms with Gasteiger partial charge >= 0.3 is 0 Å². The summed E-state index contributed by atoms with van der Waals surface area (Å²) in [7, 11) is 1.85. The molecule has 25 heavy (non-hydrogen) atoms. The molecule has 0 heterocycles.